The molecule has 1 aliphatic rings. The highest BCUT2D eigenvalue weighted by atomic mass is 32.1. The molecule has 0 bridgehead atoms. The van der Waals surface area contributed by atoms with Crippen LogP contribution in [0.2, 0.25) is 0 Å². The highest BCUT2D eigenvalue weighted by Crippen LogP contribution is 2.28. The summed E-state index contributed by atoms with van der Waals surface area (Å²) in [6, 6.07) is 19.3. The van der Waals surface area contributed by atoms with E-state index in [1.54, 1.807) is 24.4 Å². The fourth-order valence-electron chi connectivity index (χ4n) is 4.40. The minimum Gasteiger partial charge on any atom is -0.380 e. The highest BCUT2D eigenvalue weighted by Gasteiger charge is 2.16. The first-order valence-electron chi connectivity index (χ1n) is 12.7. The van der Waals surface area contributed by atoms with Gasteiger partial charge in [-0.15, -0.1) is 11.3 Å². The Morgan fingerprint density at radius 3 is 2.80 bits per heavy atom. The molecule has 1 atom stereocenters. The number of nitrogens with one attached hydrogen (secondary N) is 4. The van der Waals surface area contributed by atoms with Crippen molar-refractivity contribution in [2.45, 2.75) is 19.0 Å². The summed E-state index contributed by atoms with van der Waals surface area (Å²) in [5.41, 5.74) is 1.72. The monoisotopic (exact) mass is 556 g/mol. The van der Waals surface area contributed by atoms with Gasteiger partial charge in [0, 0.05) is 35.7 Å². The third kappa shape index (κ3) is 5.76. The molecule has 6 rings (SSSR count). The summed E-state index contributed by atoms with van der Waals surface area (Å²) in [4.78, 5) is 30.2. The van der Waals surface area contributed by atoms with Crippen molar-refractivity contribution in [3.8, 4) is 11.3 Å². The Balaban J connectivity index is 1.17. The van der Waals surface area contributed by atoms with Crippen molar-refractivity contribution >= 4 is 44.5 Å². The van der Waals surface area contributed by atoms with Crippen LogP contribution in [0.3, 0.4) is 0 Å². The predicted molar refractivity (Wildman–Crippen MR) is 154 cm³/mol. The number of H-pyrrole nitrogens is 1. The number of rotatable bonds is 8. The smallest absolute Gasteiger partial charge is 0.287 e. The van der Waals surface area contributed by atoms with Crippen molar-refractivity contribution in [3.63, 3.8) is 0 Å². The molecular weight excluding hydrogens is 531 g/mol. The molecule has 0 unspecified atom stereocenters. The van der Waals surface area contributed by atoms with Crippen LogP contribution in [0, 0.1) is 5.82 Å². The predicted octanol–water partition coefficient (Wildman–Crippen LogP) is 5.06. The fraction of sp³-hybridized carbons (Fsp3) is 0.172. The van der Waals surface area contributed by atoms with E-state index in [4.69, 9.17) is 4.74 Å². The number of aromatic nitrogens is 3. The number of aromatic amines is 1. The number of fused-ring (bicyclic) bond motifs is 1. The van der Waals surface area contributed by atoms with Gasteiger partial charge in [0.15, 0.2) is 0 Å². The summed E-state index contributed by atoms with van der Waals surface area (Å²) in [7, 11) is 0. The van der Waals surface area contributed by atoms with Gasteiger partial charge in [-0.3, -0.25) is 9.59 Å². The van der Waals surface area contributed by atoms with Crippen molar-refractivity contribution in [1.29, 1.82) is 0 Å². The second-order valence-corrected chi connectivity index (χ2v) is 10.5. The van der Waals surface area contributed by atoms with Crippen LogP contribution < -0.4 is 21.5 Å². The first-order valence-corrected chi connectivity index (χ1v) is 13.6. The number of nitrogens with zero attached hydrogens (tertiary/aromatic N) is 2. The molecule has 0 saturated carbocycles. The van der Waals surface area contributed by atoms with E-state index in [1.165, 1.54) is 29.5 Å². The largest absolute Gasteiger partial charge is 0.380 e. The maximum Gasteiger partial charge on any atom is 0.287 e. The highest BCUT2D eigenvalue weighted by molar-refractivity contribution is 7.20. The van der Waals surface area contributed by atoms with Crippen LogP contribution in [0.25, 0.3) is 21.3 Å². The molecule has 202 valence electrons. The molecule has 0 radical (unpaired) electrons. The van der Waals surface area contributed by atoms with Crippen LogP contribution >= 0.6 is 11.3 Å². The first-order chi connectivity index (χ1) is 19.5. The number of halogens is 1. The van der Waals surface area contributed by atoms with E-state index in [1.807, 2.05) is 30.3 Å². The summed E-state index contributed by atoms with van der Waals surface area (Å²) in [6.45, 7) is 2.17. The van der Waals surface area contributed by atoms with Crippen LogP contribution in [0.1, 0.15) is 21.7 Å². The maximum atomic E-state index is 14.7. The van der Waals surface area contributed by atoms with Gasteiger partial charge in [-0.2, -0.15) is 5.10 Å². The summed E-state index contributed by atoms with van der Waals surface area (Å²) in [5, 5.41) is 16.6. The molecule has 3 aromatic heterocycles. The number of carbonyl (C=O) groups is 1. The van der Waals surface area contributed by atoms with Gasteiger partial charge in [-0.1, -0.05) is 24.3 Å². The number of anilines is 3. The Labute approximate surface area is 232 Å². The van der Waals surface area contributed by atoms with Gasteiger partial charge in [0.05, 0.1) is 22.9 Å². The van der Waals surface area contributed by atoms with Gasteiger partial charge in [0.25, 0.3) is 11.5 Å². The molecule has 1 saturated heterocycles. The Kier molecular flexibility index (Phi) is 7.32. The Bertz CT molecular complexity index is 1700. The van der Waals surface area contributed by atoms with E-state index >= 15 is 0 Å². The van der Waals surface area contributed by atoms with Crippen LogP contribution in [-0.2, 0) is 11.3 Å². The lowest BCUT2D eigenvalue weighted by atomic mass is 10.1. The molecule has 2 aromatic carbocycles. The van der Waals surface area contributed by atoms with Crippen molar-refractivity contribution in [3.05, 3.63) is 99.5 Å². The molecule has 5 aromatic rings. The van der Waals surface area contributed by atoms with Crippen molar-refractivity contribution < 1.29 is 13.9 Å². The zero-order valence-electron chi connectivity index (χ0n) is 21.2. The zero-order valence-corrected chi connectivity index (χ0v) is 22.1. The average Bonchev–Trinajstić information content (AvgIpc) is 3.65. The number of amides is 1. The molecule has 0 aliphatic carbocycles. The standard InChI is InChI=1S/C29H25FN6O3S/c30-21-7-6-18(11-23(21)34-29(38)26-12-19-3-1-2-4-25(19)40-26)22-13-24(28(37)36-35-22)33-27-8-5-17(15-32-27)14-31-20-9-10-39-16-20/h1-8,11-13,15,20,31H,9-10,14,16H2,(H,34,38)(H,36,37)(H,32,33,35)/t20-/m1/s1. The Morgan fingerprint density at radius 2 is 2.00 bits per heavy atom. The minimum atomic E-state index is -0.583. The number of thiophene rings is 1. The number of carbonyl (C=O) groups excluding carboxylic acids is 1. The number of benzene rings is 2. The van der Waals surface area contributed by atoms with Gasteiger partial charge in [0.1, 0.15) is 17.3 Å². The second-order valence-electron chi connectivity index (χ2n) is 9.41. The molecule has 4 N–H and O–H groups in total. The molecule has 11 heteroatoms. The van der Waals surface area contributed by atoms with Gasteiger partial charge >= 0.3 is 0 Å². The topological polar surface area (TPSA) is 121 Å². The number of ether oxygens (including phenoxy) is 1. The SMILES string of the molecule is O=C(Nc1cc(-c2cc(Nc3ccc(CN[C@@H]4CCOC4)cn3)c(=O)[nH]n2)ccc1F)c1cc2ccccc2s1. The van der Waals surface area contributed by atoms with Crippen LogP contribution in [-0.4, -0.2) is 40.3 Å². The minimum absolute atomic E-state index is 0.0116. The Hall–Kier alpha value is -4.45. The molecule has 1 amide bonds. The lowest BCUT2D eigenvalue weighted by Crippen LogP contribution is -2.28. The average molecular weight is 557 g/mol. The van der Waals surface area contributed by atoms with E-state index in [2.05, 4.69) is 31.1 Å². The second kappa shape index (κ2) is 11.3. The number of hydrogen-bond acceptors (Lipinski definition) is 8. The number of hydrogen-bond donors (Lipinski definition) is 4. The van der Waals surface area contributed by atoms with E-state index in [0.717, 1.165) is 28.7 Å². The summed E-state index contributed by atoms with van der Waals surface area (Å²) in [6.07, 6.45) is 2.74. The van der Waals surface area contributed by atoms with E-state index in [-0.39, 0.29) is 11.4 Å². The van der Waals surface area contributed by atoms with E-state index in [9.17, 15) is 14.0 Å². The van der Waals surface area contributed by atoms with Crippen LogP contribution in [0.4, 0.5) is 21.6 Å². The maximum absolute atomic E-state index is 14.7. The lowest BCUT2D eigenvalue weighted by molar-refractivity contribution is 0.103. The third-order valence-corrected chi connectivity index (χ3v) is 7.69. The Morgan fingerprint density at radius 1 is 1.10 bits per heavy atom. The molecule has 1 aliphatic heterocycles. The molecule has 4 heterocycles. The first kappa shape index (κ1) is 25.8. The molecular formula is C29H25FN6O3S. The summed E-state index contributed by atoms with van der Waals surface area (Å²) in [5.74, 6) is -0.499. The lowest BCUT2D eigenvalue weighted by Gasteiger charge is -2.11. The fourth-order valence-corrected chi connectivity index (χ4v) is 5.36. The third-order valence-electron chi connectivity index (χ3n) is 6.58. The van der Waals surface area contributed by atoms with Gasteiger partial charge in [0.2, 0.25) is 0 Å². The van der Waals surface area contributed by atoms with E-state index < -0.39 is 17.3 Å². The molecule has 1 fully saturated rings. The molecule has 9 nitrogen and oxygen atoms in total. The van der Waals surface area contributed by atoms with Crippen molar-refractivity contribution in [2.24, 2.45) is 0 Å². The quantitative estimate of drug-likeness (QED) is 0.211. The molecule has 0 spiro atoms. The van der Waals surface area contributed by atoms with E-state index in [0.29, 0.717) is 41.1 Å². The van der Waals surface area contributed by atoms with Gasteiger partial charge < -0.3 is 20.7 Å². The summed E-state index contributed by atoms with van der Waals surface area (Å²) >= 11 is 1.34. The van der Waals surface area contributed by atoms with Crippen LogP contribution in [0.5, 0.6) is 0 Å². The van der Waals surface area contributed by atoms with Crippen LogP contribution in [0.15, 0.2) is 77.7 Å². The van der Waals surface area contributed by atoms with Crippen molar-refractivity contribution in [1.82, 2.24) is 20.5 Å². The number of pyridine rings is 1. The molecule has 40 heavy (non-hydrogen) atoms. The summed E-state index contributed by atoms with van der Waals surface area (Å²) < 4.78 is 21.0. The van der Waals surface area contributed by atoms with Gasteiger partial charge in [-0.05, 0) is 59.8 Å². The normalized spacial score (nSPS) is 14.9. The van der Waals surface area contributed by atoms with Crippen molar-refractivity contribution in [2.75, 3.05) is 23.8 Å². The zero-order chi connectivity index (χ0) is 27.5. The van der Waals surface area contributed by atoms with Gasteiger partial charge in [-0.25, -0.2) is 14.5 Å².